The lowest BCUT2D eigenvalue weighted by Crippen LogP contribution is -2.39. The first-order chi connectivity index (χ1) is 9.31. The second-order valence-electron chi connectivity index (χ2n) is 4.24. The smallest absolute Gasteiger partial charge is 0.305 e. The van der Waals surface area contributed by atoms with Gasteiger partial charge in [-0.1, -0.05) is 23.2 Å². The van der Waals surface area contributed by atoms with Crippen molar-refractivity contribution in [2.24, 2.45) is 0 Å². The third-order valence-corrected chi connectivity index (χ3v) is 3.33. The van der Waals surface area contributed by atoms with Gasteiger partial charge in [-0.05, 0) is 19.1 Å². The molecule has 20 heavy (non-hydrogen) atoms. The molecule has 0 bridgehead atoms. The van der Waals surface area contributed by atoms with Gasteiger partial charge < -0.3 is 14.7 Å². The van der Waals surface area contributed by atoms with Crippen molar-refractivity contribution in [3.63, 3.8) is 0 Å². The number of benzene rings is 1. The molecule has 7 heteroatoms. The Morgan fingerprint density at radius 2 is 2.00 bits per heavy atom. The minimum atomic E-state index is -0.956. The SMILES string of the molecule is CC(Oc1ccc(Cl)c(Cl)c1)C(=O)N(C)CCC(=O)O. The second kappa shape index (κ2) is 7.36. The Bertz CT molecular complexity index is 507. The van der Waals surface area contributed by atoms with Crippen LogP contribution in [0.3, 0.4) is 0 Å². The number of hydrogen-bond donors (Lipinski definition) is 1. The molecule has 0 saturated heterocycles. The first-order valence-corrected chi connectivity index (χ1v) is 6.65. The lowest BCUT2D eigenvalue weighted by molar-refractivity contribution is -0.140. The molecule has 1 aromatic carbocycles. The third kappa shape index (κ3) is 4.90. The van der Waals surface area contributed by atoms with Crippen LogP contribution in [0.5, 0.6) is 5.75 Å². The molecule has 1 aromatic rings. The molecule has 0 saturated carbocycles. The number of amides is 1. The molecule has 0 aromatic heterocycles. The lowest BCUT2D eigenvalue weighted by Gasteiger charge is -2.21. The highest BCUT2D eigenvalue weighted by molar-refractivity contribution is 6.42. The van der Waals surface area contributed by atoms with Crippen molar-refractivity contribution in [3.05, 3.63) is 28.2 Å². The maximum atomic E-state index is 12.0. The summed E-state index contributed by atoms with van der Waals surface area (Å²) in [6, 6.07) is 4.70. The quantitative estimate of drug-likeness (QED) is 0.875. The van der Waals surface area contributed by atoms with Crippen LogP contribution >= 0.6 is 23.2 Å². The summed E-state index contributed by atoms with van der Waals surface area (Å²) in [5.74, 6) is -0.841. The molecule has 1 atom stereocenters. The van der Waals surface area contributed by atoms with Crippen molar-refractivity contribution < 1.29 is 19.4 Å². The number of halogens is 2. The molecule has 1 rings (SSSR count). The molecule has 0 heterocycles. The van der Waals surface area contributed by atoms with Crippen LogP contribution in [0, 0.1) is 0 Å². The van der Waals surface area contributed by atoms with Crippen LogP contribution in [-0.4, -0.2) is 41.6 Å². The Hall–Kier alpha value is -1.46. The van der Waals surface area contributed by atoms with Crippen molar-refractivity contribution in [2.45, 2.75) is 19.4 Å². The Balaban J connectivity index is 2.60. The maximum absolute atomic E-state index is 12.0. The molecule has 1 N–H and O–H groups in total. The summed E-state index contributed by atoms with van der Waals surface area (Å²) < 4.78 is 5.46. The number of likely N-dealkylation sites (N-methyl/N-ethyl adjacent to an activating group) is 1. The molecule has 110 valence electrons. The fraction of sp³-hybridized carbons (Fsp3) is 0.385. The predicted molar refractivity (Wildman–Crippen MR) is 76.4 cm³/mol. The molecule has 0 aliphatic carbocycles. The third-order valence-electron chi connectivity index (χ3n) is 2.59. The lowest BCUT2D eigenvalue weighted by atomic mass is 10.3. The number of nitrogens with zero attached hydrogens (tertiary/aromatic N) is 1. The molecule has 1 unspecified atom stereocenters. The first kappa shape index (κ1) is 16.6. The van der Waals surface area contributed by atoms with Crippen molar-refractivity contribution in [3.8, 4) is 5.75 Å². The summed E-state index contributed by atoms with van der Waals surface area (Å²) in [4.78, 5) is 23.7. The van der Waals surface area contributed by atoms with Crippen LogP contribution in [0.15, 0.2) is 18.2 Å². The zero-order valence-electron chi connectivity index (χ0n) is 11.1. The largest absolute Gasteiger partial charge is 0.481 e. The summed E-state index contributed by atoms with van der Waals surface area (Å²) in [6.45, 7) is 1.71. The van der Waals surface area contributed by atoms with E-state index in [1.165, 1.54) is 18.0 Å². The minimum absolute atomic E-state index is 0.109. The molecule has 0 radical (unpaired) electrons. The Morgan fingerprint density at radius 1 is 1.35 bits per heavy atom. The maximum Gasteiger partial charge on any atom is 0.305 e. The topological polar surface area (TPSA) is 66.8 Å². The monoisotopic (exact) mass is 319 g/mol. The minimum Gasteiger partial charge on any atom is -0.481 e. The summed E-state index contributed by atoms with van der Waals surface area (Å²) in [5.41, 5.74) is 0. The van der Waals surface area contributed by atoms with Crippen molar-refractivity contribution in [1.82, 2.24) is 4.90 Å². The standard InChI is InChI=1S/C13H15Cl2NO4/c1-8(13(19)16(2)6-5-12(17)18)20-9-3-4-10(14)11(15)7-9/h3-4,7-8H,5-6H2,1-2H3,(H,17,18). The van der Waals surface area contributed by atoms with Gasteiger partial charge in [-0.2, -0.15) is 0 Å². The number of ether oxygens (including phenoxy) is 1. The molecular weight excluding hydrogens is 305 g/mol. The highest BCUT2D eigenvalue weighted by Crippen LogP contribution is 2.26. The summed E-state index contributed by atoms with van der Waals surface area (Å²) in [6.07, 6.45) is -0.854. The van der Waals surface area contributed by atoms with Crippen LogP contribution in [0.1, 0.15) is 13.3 Å². The van der Waals surface area contributed by atoms with Gasteiger partial charge in [0.1, 0.15) is 5.75 Å². The van der Waals surface area contributed by atoms with Crippen LogP contribution in [0.4, 0.5) is 0 Å². The number of carbonyl (C=O) groups is 2. The van der Waals surface area contributed by atoms with Gasteiger partial charge in [-0.3, -0.25) is 9.59 Å². The highest BCUT2D eigenvalue weighted by atomic mass is 35.5. The Labute approximate surface area is 127 Å². The fourth-order valence-corrected chi connectivity index (χ4v) is 1.78. The molecular formula is C13H15Cl2NO4. The van der Waals surface area contributed by atoms with Gasteiger partial charge in [-0.25, -0.2) is 0 Å². The van der Waals surface area contributed by atoms with E-state index in [2.05, 4.69) is 0 Å². The summed E-state index contributed by atoms with van der Waals surface area (Å²) >= 11 is 11.6. The van der Waals surface area contributed by atoms with Crippen molar-refractivity contribution >= 4 is 35.1 Å². The van der Waals surface area contributed by atoms with Gasteiger partial charge in [-0.15, -0.1) is 0 Å². The van der Waals surface area contributed by atoms with Crippen LogP contribution in [-0.2, 0) is 9.59 Å². The van der Waals surface area contributed by atoms with Crippen LogP contribution in [0.25, 0.3) is 0 Å². The van der Waals surface area contributed by atoms with Gasteiger partial charge in [0.2, 0.25) is 0 Å². The number of carboxylic acids is 1. The molecule has 0 spiro atoms. The van der Waals surface area contributed by atoms with E-state index in [0.717, 1.165) is 0 Å². The first-order valence-electron chi connectivity index (χ1n) is 5.89. The highest BCUT2D eigenvalue weighted by Gasteiger charge is 2.19. The van der Waals surface area contributed by atoms with Gasteiger partial charge in [0, 0.05) is 19.7 Å². The van der Waals surface area contributed by atoms with Gasteiger partial charge in [0.25, 0.3) is 5.91 Å². The van der Waals surface area contributed by atoms with E-state index in [-0.39, 0.29) is 18.9 Å². The van der Waals surface area contributed by atoms with E-state index in [1.807, 2.05) is 0 Å². The number of carboxylic acid groups (broad SMARTS) is 1. The number of aliphatic carboxylic acids is 1. The van der Waals surface area contributed by atoms with Gasteiger partial charge in [0.15, 0.2) is 6.10 Å². The van der Waals surface area contributed by atoms with E-state index in [4.69, 9.17) is 33.0 Å². The average molecular weight is 320 g/mol. The Morgan fingerprint density at radius 3 is 2.55 bits per heavy atom. The summed E-state index contributed by atoms with van der Waals surface area (Å²) in [7, 11) is 1.53. The zero-order chi connectivity index (χ0) is 15.3. The van der Waals surface area contributed by atoms with E-state index >= 15 is 0 Å². The zero-order valence-corrected chi connectivity index (χ0v) is 12.6. The van der Waals surface area contributed by atoms with E-state index in [0.29, 0.717) is 15.8 Å². The fourth-order valence-electron chi connectivity index (χ4n) is 1.49. The van der Waals surface area contributed by atoms with Gasteiger partial charge in [0.05, 0.1) is 16.5 Å². The summed E-state index contributed by atoms with van der Waals surface area (Å²) in [5, 5.41) is 9.31. The molecule has 5 nitrogen and oxygen atoms in total. The van der Waals surface area contributed by atoms with E-state index in [9.17, 15) is 9.59 Å². The van der Waals surface area contributed by atoms with E-state index < -0.39 is 12.1 Å². The molecule has 1 amide bonds. The normalized spacial score (nSPS) is 11.8. The molecule has 0 aliphatic rings. The average Bonchev–Trinajstić information content (AvgIpc) is 2.39. The second-order valence-corrected chi connectivity index (χ2v) is 5.05. The van der Waals surface area contributed by atoms with Crippen molar-refractivity contribution in [2.75, 3.05) is 13.6 Å². The molecule has 0 aliphatic heterocycles. The van der Waals surface area contributed by atoms with Crippen molar-refractivity contribution in [1.29, 1.82) is 0 Å². The number of rotatable bonds is 6. The molecule has 0 fully saturated rings. The van der Waals surface area contributed by atoms with Gasteiger partial charge >= 0.3 is 5.97 Å². The van der Waals surface area contributed by atoms with Crippen LogP contribution in [0.2, 0.25) is 10.0 Å². The number of hydrogen-bond acceptors (Lipinski definition) is 3. The Kier molecular flexibility index (Phi) is 6.10. The van der Waals surface area contributed by atoms with E-state index in [1.54, 1.807) is 19.1 Å². The number of carbonyl (C=O) groups excluding carboxylic acids is 1. The van der Waals surface area contributed by atoms with Crippen LogP contribution < -0.4 is 4.74 Å². The predicted octanol–water partition coefficient (Wildman–Crippen LogP) is 2.69.